The van der Waals surface area contributed by atoms with E-state index in [0.29, 0.717) is 5.69 Å². The first-order chi connectivity index (χ1) is 14.4. The van der Waals surface area contributed by atoms with Crippen LogP contribution in [0, 0.1) is 21.4 Å². The van der Waals surface area contributed by atoms with Crippen LogP contribution >= 0.6 is 0 Å². The number of nitriles is 1. The fourth-order valence-corrected chi connectivity index (χ4v) is 2.44. The number of carbonyl (C=O) groups is 2. The van der Waals surface area contributed by atoms with Crippen LogP contribution < -0.4 is 4.74 Å². The SMILES string of the molecule is CC(C(=O)Oc1ccc([N+](=O)[O-])cc1)N(CC(=O)OCCC#N)Cc1ccccn1. The zero-order valence-corrected chi connectivity index (χ0v) is 16.3. The Kier molecular flexibility index (Phi) is 8.40. The lowest BCUT2D eigenvalue weighted by molar-refractivity contribution is -0.384. The molecule has 0 saturated heterocycles. The Labute approximate surface area is 172 Å². The number of ether oxygens (including phenoxy) is 2. The Morgan fingerprint density at radius 3 is 2.60 bits per heavy atom. The third-order valence-corrected chi connectivity index (χ3v) is 4.06. The summed E-state index contributed by atoms with van der Waals surface area (Å²) in [6.07, 6.45) is 1.67. The van der Waals surface area contributed by atoms with Crippen molar-refractivity contribution in [3.8, 4) is 11.8 Å². The van der Waals surface area contributed by atoms with Gasteiger partial charge < -0.3 is 9.47 Å². The Balaban J connectivity index is 2.08. The van der Waals surface area contributed by atoms with E-state index >= 15 is 0 Å². The van der Waals surface area contributed by atoms with E-state index in [-0.39, 0.29) is 37.6 Å². The summed E-state index contributed by atoms with van der Waals surface area (Å²) in [5.74, 6) is -1.09. The highest BCUT2D eigenvalue weighted by Crippen LogP contribution is 2.18. The van der Waals surface area contributed by atoms with Gasteiger partial charge in [0.25, 0.3) is 5.69 Å². The van der Waals surface area contributed by atoms with Crippen LogP contribution in [0.4, 0.5) is 5.69 Å². The van der Waals surface area contributed by atoms with Crippen LogP contribution in [-0.4, -0.2) is 45.9 Å². The molecule has 0 amide bonds. The number of nitrogens with zero attached hydrogens (tertiary/aromatic N) is 4. The van der Waals surface area contributed by atoms with Crippen molar-refractivity contribution in [3.63, 3.8) is 0 Å². The minimum Gasteiger partial charge on any atom is -0.464 e. The number of aromatic nitrogens is 1. The molecular weight excluding hydrogens is 392 g/mol. The number of rotatable bonds is 10. The van der Waals surface area contributed by atoms with Crippen LogP contribution in [0.25, 0.3) is 0 Å². The van der Waals surface area contributed by atoms with Gasteiger partial charge >= 0.3 is 11.9 Å². The van der Waals surface area contributed by atoms with Gasteiger partial charge in [0.2, 0.25) is 0 Å². The summed E-state index contributed by atoms with van der Waals surface area (Å²) in [4.78, 5) is 40.6. The smallest absolute Gasteiger partial charge is 0.328 e. The maximum atomic E-state index is 12.6. The summed E-state index contributed by atoms with van der Waals surface area (Å²) in [7, 11) is 0. The van der Waals surface area contributed by atoms with Gasteiger partial charge in [-0.1, -0.05) is 6.07 Å². The average Bonchev–Trinajstić information content (AvgIpc) is 2.74. The molecule has 10 nitrogen and oxygen atoms in total. The third kappa shape index (κ3) is 6.96. The Morgan fingerprint density at radius 1 is 1.27 bits per heavy atom. The van der Waals surface area contributed by atoms with Crippen molar-refractivity contribution in [1.29, 1.82) is 5.26 Å². The second-order valence-corrected chi connectivity index (χ2v) is 6.20. The zero-order chi connectivity index (χ0) is 21.9. The summed E-state index contributed by atoms with van der Waals surface area (Å²) in [5, 5.41) is 19.3. The summed E-state index contributed by atoms with van der Waals surface area (Å²) in [5.41, 5.74) is 0.511. The quantitative estimate of drug-likeness (QED) is 0.189. The van der Waals surface area contributed by atoms with Gasteiger partial charge in [-0.05, 0) is 31.2 Å². The second kappa shape index (κ2) is 11.2. The van der Waals surface area contributed by atoms with Crippen LogP contribution in [0.5, 0.6) is 5.75 Å². The molecule has 1 aromatic heterocycles. The highest BCUT2D eigenvalue weighted by atomic mass is 16.6. The van der Waals surface area contributed by atoms with Crippen molar-refractivity contribution in [2.75, 3.05) is 13.2 Å². The van der Waals surface area contributed by atoms with Gasteiger partial charge in [0, 0.05) is 24.9 Å². The van der Waals surface area contributed by atoms with Crippen LogP contribution in [0.2, 0.25) is 0 Å². The van der Waals surface area contributed by atoms with E-state index in [4.69, 9.17) is 14.7 Å². The van der Waals surface area contributed by atoms with E-state index < -0.39 is 22.9 Å². The molecule has 0 bridgehead atoms. The maximum Gasteiger partial charge on any atom is 0.328 e. The Hall–Kier alpha value is -3.84. The molecular formula is C20H20N4O6. The number of esters is 2. The third-order valence-electron chi connectivity index (χ3n) is 4.06. The zero-order valence-electron chi connectivity index (χ0n) is 16.3. The first-order valence-electron chi connectivity index (χ1n) is 9.03. The molecule has 30 heavy (non-hydrogen) atoms. The highest BCUT2D eigenvalue weighted by Gasteiger charge is 2.26. The molecule has 0 aliphatic carbocycles. The van der Waals surface area contributed by atoms with E-state index in [9.17, 15) is 19.7 Å². The molecule has 0 fully saturated rings. The summed E-state index contributed by atoms with van der Waals surface area (Å²) in [6, 6.07) is 11.4. The van der Waals surface area contributed by atoms with Crippen molar-refractivity contribution >= 4 is 17.6 Å². The molecule has 2 aromatic rings. The van der Waals surface area contributed by atoms with Crippen LogP contribution in [0.1, 0.15) is 19.0 Å². The average molecular weight is 412 g/mol. The van der Waals surface area contributed by atoms with Crippen molar-refractivity contribution in [3.05, 3.63) is 64.5 Å². The van der Waals surface area contributed by atoms with Crippen molar-refractivity contribution < 1.29 is 24.0 Å². The monoisotopic (exact) mass is 412 g/mol. The fraction of sp³-hybridized carbons (Fsp3) is 0.300. The van der Waals surface area contributed by atoms with E-state index in [1.165, 1.54) is 29.2 Å². The van der Waals surface area contributed by atoms with Crippen LogP contribution in [0.3, 0.4) is 0 Å². The fourth-order valence-electron chi connectivity index (χ4n) is 2.44. The van der Waals surface area contributed by atoms with E-state index in [2.05, 4.69) is 4.98 Å². The molecule has 1 heterocycles. The minimum absolute atomic E-state index is 0.0334. The summed E-state index contributed by atoms with van der Waals surface area (Å²) < 4.78 is 10.3. The Morgan fingerprint density at radius 2 is 2.00 bits per heavy atom. The molecule has 10 heteroatoms. The van der Waals surface area contributed by atoms with Crippen LogP contribution in [-0.2, 0) is 20.9 Å². The van der Waals surface area contributed by atoms with E-state index in [0.717, 1.165) is 0 Å². The first-order valence-corrected chi connectivity index (χ1v) is 9.03. The molecule has 0 saturated carbocycles. The lowest BCUT2D eigenvalue weighted by atomic mass is 10.2. The predicted octanol–water partition coefficient (Wildman–Crippen LogP) is 2.24. The van der Waals surface area contributed by atoms with Crippen LogP contribution in [0.15, 0.2) is 48.7 Å². The minimum atomic E-state index is -0.842. The number of carbonyl (C=O) groups excluding carboxylic acids is 2. The molecule has 1 atom stereocenters. The number of pyridine rings is 1. The number of nitro groups is 1. The van der Waals surface area contributed by atoms with Gasteiger partial charge in [-0.3, -0.25) is 24.8 Å². The molecule has 0 aliphatic rings. The van der Waals surface area contributed by atoms with Gasteiger partial charge in [0.15, 0.2) is 0 Å². The maximum absolute atomic E-state index is 12.6. The number of nitro benzene ring substituents is 1. The van der Waals surface area contributed by atoms with Gasteiger partial charge in [-0.15, -0.1) is 0 Å². The topological polar surface area (TPSA) is 136 Å². The standard InChI is InChI=1S/C20H20N4O6/c1-15(20(26)30-18-8-6-17(7-9-18)24(27)28)23(13-16-5-2-3-11-22-16)14-19(25)29-12-4-10-21/h2-3,5-9,11,15H,4,12-14H2,1H3. The Bertz CT molecular complexity index is 911. The first kappa shape index (κ1) is 22.4. The van der Waals surface area contributed by atoms with Gasteiger partial charge in [0.05, 0.1) is 29.7 Å². The van der Waals surface area contributed by atoms with E-state index in [1.54, 1.807) is 31.3 Å². The molecule has 0 N–H and O–H groups in total. The second-order valence-electron chi connectivity index (χ2n) is 6.20. The lowest BCUT2D eigenvalue weighted by Crippen LogP contribution is -2.44. The van der Waals surface area contributed by atoms with Gasteiger partial charge in [-0.25, -0.2) is 4.79 Å². The number of hydrogen-bond acceptors (Lipinski definition) is 9. The molecule has 2 rings (SSSR count). The normalized spacial score (nSPS) is 11.4. The molecule has 1 unspecified atom stereocenters. The molecule has 0 aliphatic heterocycles. The highest BCUT2D eigenvalue weighted by molar-refractivity contribution is 5.79. The lowest BCUT2D eigenvalue weighted by Gasteiger charge is -2.26. The molecule has 0 radical (unpaired) electrons. The largest absolute Gasteiger partial charge is 0.464 e. The number of hydrogen-bond donors (Lipinski definition) is 0. The molecule has 1 aromatic carbocycles. The van der Waals surface area contributed by atoms with Crippen molar-refractivity contribution in [1.82, 2.24) is 9.88 Å². The summed E-state index contributed by atoms with van der Waals surface area (Å²) >= 11 is 0. The van der Waals surface area contributed by atoms with Crippen molar-refractivity contribution in [2.45, 2.75) is 25.9 Å². The predicted molar refractivity (Wildman–Crippen MR) is 104 cm³/mol. The molecule has 0 spiro atoms. The van der Waals surface area contributed by atoms with Gasteiger partial charge in [0.1, 0.15) is 18.4 Å². The number of non-ortho nitro benzene ring substituents is 1. The number of benzene rings is 1. The van der Waals surface area contributed by atoms with Gasteiger partial charge in [-0.2, -0.15) is 5.26 Å². The van der Waals surface area contributed by atoms with E-state index in [1.807, 2.05) is 6.07 Å². The summed E-state index contributed by atoms with van der Waals surface area (Å²) in [6.45, 7) is 1.51. The molecule has 156 valence electrons. The van der Waals surface area contributed by atoms with Crippen molar-refractivity contribution in [2.24, 2.45) is 0 Å².